The second-order valence-electron chi connectivity index (χ2n) is 6.10. The maximum atomic E-state index is 9.74. The molecule has 0 amide bonds. The second kappa shape index (κ2) is 5.96. The first-order valence-corrected chi connectivity index (χ1v) is 8.28. The van der Waals surface area contributed by atoms with Crippen LogP contribution in [0.1, 0.15) is 36.1 Å². The van der Waals surface area contributed by atoms with Crippen molar-refractivity contribution in [3.63, 3.8) is 0 Å². The molecule has 1 aromatic heterocycles. The molecule has 4 heteroatoms. The van der Waals surface area contributed by atoms with Crippen molar-refractivity contribution in [2.45, 2.75) is 25.6 Å². The number of aliphatic hydroxyl groups is 2. The van der Waals surface area contributed by atoms with E-state index in [1.54, 1.807) is 30.6 Å². The van der Waals surface area contributed by atoms with Gasteiger partial charge in [-0.05, 0) is 41.3 Å². The topological polar surface area (TPSA) is 49.7 Å². The molecule has 0 aliphatic heterocycles. The van der Waals surface area contributed by atoms with E-state index >= 15 is 0 Å². The zero-order valence-corrected chi connectivity index (χ0v) is 14.2. The number of thiophene rings is 1. The van der Waals surface area contributed by atoms with Crippen LogP contribution in [-0.4, -0.2) is 17.3 Å². The number of ether oxygens (including phenoxy) is 1. The molecule has 23 heavy (non-hydrogen) atoms. The second-order valence-corrected chi connectivity index (χ2v) is 7.18. The fourth-order valence-electron chi connectivity index (χ4n) is 2.85. The van der Waals surface area contributed by atoms with Gasteiger partial charge in [0.25, 0.3) is 0 Å². The highest BCUT2D eigenvalue weighted by Gasteiger charge is 2.30. The molecule has 0 saturated carbocycles. The first-order valence-electron chi connectivity index (χ1n) is 7.47. The third kappa shape index (κ3) is 2.85. The molecule has 120 valence electrons. The molecule has 0 unspecified atom stereocenters. The minimum absolute atomic E-state index is 0.364. The molecule has 0 bridgehead atoms. The van der Waals surface area contributed by atoms with Gasteiger partial charge >= 0.3 is 0 Å². The minimum Gasteiger partial charge on any atom is -0.497 e. The summed E-state index contributed by atoms with van der Waals surface area (Å²) in [6, 6.07) is 15.8. The van der Waals surface area contributed by atoms with Crippen molar-refractivity contribution < 1.29 is 14.9 Å². The van der Waals surface area contributed by atoms with Crippen molar-refractivity contribution in [3.8, 4) is 5.75 Å². The number of hydrogen-bond donors (Lipinski definition) is 2. The van der Waals surface area contributed by atoms with Gasteiger partial charge in [-0.2, -0.15) is 0 Å². The van der Waals surface area contributed by atoms with Crippen LogP contribution in [0.5, 0.6) is 5.75 Å². The number of fused-ring (bicyclic) bond motifs is 1. The van der Waals surface area contributed by atoms with E-state index in [1.807, 2.05) is 18.2 Å². The molecule has 3 rings (SSSR count). The maximum absolute atomic E-state index is 9.74. The van der Waals surface area contributed by atoms with Crippen LogP contribution in [0.3, 0.4) is 0 Å². The number of aliphatic hydroxyl groups excluding tert-OH is 1. The van der Waals surface area contributed by atoms with Crippen LogP contribution in [0.25, 0.3) is 10.1 Å². The van der Waals surface area contributed by atoms with Crippen molar-refractivity contribution in [2.24, 2.45) is 0 Å². The summed E-state index contributed by atoms with van der Waals surface area (Å²) >= 11 is 1.73. The Labute approximate surface area is 139 Å². The van der Waals surface area contributed by atoms with Crippen LogP contribution in [0.4, 0.5) is 0 Å². The molecule has 2 aromatic carbocycles. The largest absolute Gasteiger partial charge is 0.497 e. The first kappa shape index (κ1) is 16.0. The van der Waals surface area contributed by atoms with E-state index in [2.05, 4.69) is 32.0 Å². The smallest absolute Gasteiger partial charge is 0.178 e. The molecule has 0 aliphatic carbocycles. The van der Waals surface area contributed by atoms with Gasteiger partial charge in [0.15, 0.2) is 6.29 Å². The van der Waals surface area contributed by atoms with Gasteiger partial charge < -0.3 is 14.9 Å². The van der Waals surface area contributed by atoms with Crippen LogP contribution in [-0.2, 0) is 5.41 Å². The molecule has 1 heterocycles. The highest BCUT2D eigenvalue weighted by atomic mass is 32.1. The molecule has 0 saturated heterocycles. The van der Waals surface area contributed by atoms with Gasteiger partial charge in [-0.15, -0.1) is 11.3 Å². The molecule has 0 spiro atoms. The summed E-state index contributed by atoms with van der Waals surface area (Å²) in [5.41, 5.74) is 1.00. The summed E-state index contributed by atoms with van der Waals surface area (Å²) in [7, 11) is 1.61. The van der Waals surface area contributed by atoms with Crippen LogP contribution in [0.2, 0.25) is 0 Å². The summed E-state index contributed by atoms with van der Waals surface area (Å²) < 4.78 is 6.55. The highest BCUT2D eigenvalue weighted by Crippen LogP contribution is 2.42. The summed E-state index contributed by atoms with van der Waals surface area (Å²) in [6.45, 7) is 4.19. The van der Waals surface area contributed by atoms with E-state index in [1.165, 1.54) is 15.0 Å². The van der Waals surface area contributed by atoms with Crippen LogP contribution in [0.15, 0.2) is 48.5 Å². The Morgan fingerprint density at radius 3 is 2.43 bits per heavy atom. The lowest BCUT2D eigenvalue weighted by Gasteiger charge is -2.28. The standard InChI is InChI=1S/C19H20O3S/c1-19(2,17-10-12-6-4-5-7-16(12)23-17)15-11-13(22-3)8-9-14(15)18(20)21/h4-11,18,20-21H,1-3H3. The maximum Gasteiger partial charge on any atom is 0.178 e. The minimum atomic E-state index is -1.51. The Balaban J connectivity index is 2.18. The van der Waals surface area contributed by atoms with Gasteiger partial charge in [0.05, 0.1) is 7.11 Å². The van der Waals surface area contributed by atoms with E-state index < -0.39 is 6.29 Å². The van der Waals surface area contributed by atoms with Gasteiger partial charge in [0, 0.05) is 20.6 Å². The molecule has 3 aromatic rings. The molecule has 0 aliphatic rings. The lowest BCUT2D eigenvalue weighted by Crippen LogP contribution is -2.21. The highest BCUT2D eigenvalue weighted by molar-refractivity contribution is 7.19. The van der Waals surface area contributed by atoms with Gasteiger partial charge in [0.2, 0.25) is 0 Å². The summed E-state index contributed by atoms with van der Waals surface area (Å²) in [5.74, 6) is 0.707. The van der Waals surface area contributed by atoms with Crippen molar-refractivity contribution >= 4 is 21.4 Å². The molecular formula is C19H20O3S. The van der Waals surface area contributed by atoms with Gasteiger partial charge in [-0.1, -0.05) is 32.0 Å². The Kier molecular flexibility index (Phi) is 4.15. The normalized spacial score (nSPS) is 12.1. The zero-order valence-electron chi connectivity index (χ0n) is 13.4. The molecule has 0 fully saturated rings. The average molecular weight is 328 g/mol. The van der Waals surface area contributed by atoms with Crippen LogP contribution in [0, 0.1) is 0 Å². The molecule has 3 nitrogen and oxygen atoms in total. The van der Waals surface area contributed by atoms with E-state index in [4.69, 9.17) is 4.74 Å². The van der Waals surface area contributed by atoms with Crippen molar-refractivity contribution in [1.29, 1.82) is 0 Å². The molecule has 0 radical (unpaired) electrons. The molecule has 0 atom stereocenters. The number of hydrogen-bond acceptors (Lipinski definition) is 4. The van der Waals surface area contributed by atoms with E-state index in [-0.39, 0.29) is 5.41 Å². The zero-order chi connectivity index (χ0) is 16.6. The van der Waals surface area contributed by atoms with Crippen LogP contribution < -0.4 is 4.74 Å². The third-order valence-electron chi connectivity index (χ3n) is 4.25. The lowest BCUT2D eigenvalue weighted by atomic mass is 9.80. The Bertz CT molecular complexity index is 801. The predicted octanol–water partition coefficient (Wildman–Crippen LogP) is 4.22. The number of benzene rings is 2. The van der Waals surface area contributed by atoms with E-state index in [0.717, 1.165) is 5.56 Å². The summed E-state index contributed by atoms with van der Waals surface area (Å²) in [5, 5.41) is 20.7. The van der Waals surface area contributed by atoms with Crippen molar-refractivity contribution in [1.82, 2.24) is 0 Å². The third-order valence-corrected chi connectivity index (χ3v) is 5.69. The number of methoxy groups -OCH3 is 1. The van der Waals surface area contributed by atoms with Gasteiger partial charge in [0.1, 0.15) is 5.75 Å². The fraction of sp³-hybridized carbons (Fsp3) is 0.263. The predicted molar refractivity (Wildman–Crippen MR) is 94.1 cm³/mol. The number of rotatable bonds is 4. The monoisotopic (exact) mass is 328 g/mol. The quantitative estimate of drug-likeness (QED) is 0.705. The fourth-order valence-corrected chi connectivity index (χ4v) is 4.03. The summed E-state index contributed by atoms with van der Waals surface area (Å²) in [6.07, 6.45) is -1.51. The van der Waals surface area contributed by atoms with E-state index in [9.17, 15) is 10.2 Å². The average Bonchev–Trinajstić information content (AvgIpc) is 2.99. The van der Waals surface area contributed by atoms with Gasteiger partial charge in [-0.25, -0.2) is 0 Å². The van der Waals surface area contributed by atoms with Crippen LogP contribution >= 0.6 is 11.3 Å². The lowest BCUT2D eigenvalue weighted by molar-refractivity contribution is -0.0435. The molecule has 2 N–H and O–H groups in total. The van der Waals surface area contributed by atoms with Crippen molar-refractivity contribution in [3.05, 3.63) is 64.5 Å². The molecular weight excluding hydrogens is 308 g/mol. The Morgan fingerprint density at radius 2 is 1.78 bits per heavy atom. The van der Waals surface area contributed by atoms with Gasteiger partial charge in [-0.3, -0.25) is 0 Å². The SMILES string of the molecule is COc1ccc(C(O)O)c(C(C)(C)c2cc3ccccc3s2)c1. The summed E-state index contributed by atoms with van der Waals surface area (Å²) in [4.78, 5) is 1.17. The first-order chi connectivity index (χ1) is 10.9. The van der Waals surface area contributed by atoms with Crippen molar-refractivity contribution in [2.75, 3.05) is 7.11 Å². The Hall–Kier alpha value is -1.88. The Morgan fingerprint density at radius 1 is 1.04 bits per heavy atom. The van der Waals surface area contributed by atoms with E-state index in [0.29, 0.717) is 11.3 Å².